The molecule has 2 N–H and O–H groups in total. The average Bonchev–Trinajstić information content (AvgIpc) is 2.33. The molecule has 1 heterocycles. The van der Waals surface area contributed by atoms with Gasteiger partial charge in [0.25, 0.3) is 0 Å². The maximum atomic E-state index is 5.67. The average molecular weight is 163 g/mol. The van der Waals surface area contributed by atoms with Gasteiger partial charge < -0.3 is 5.73 Å². The molecule has 1 aliphatic carbocycles. The Morgan fingerprint density at radius 1 is 1.67 bits per heavy atom. The summed E-state index contributed by atoms with van der Waals surface area (Å²) in [6.07, 6.45) is 8.16. The van der Waals surface area contributed by atoms with Crippen molar-refractivity contribution in [1.29, 1.82) is 0 Å². The van der Waals surface area contributed by atoms with Crippen molar-refractivity contribution >= 4 is 6.08 Å². The summed E-state index contributed by atoms with van der Waals surface area (Å²) in [5.74, 6) is 0. The zero-order valence-corrected chi connectivity index (χ0v) is 7.20. The molecule has 2 rings (SSSR count). The molecule has 1 saturated carbocycles. The third kappa shape index (κ3) is 1.41. The van der Waals surface area contributed by atoms with Crippen LogP contribution in [0.3, 0.4) is 0 Å². The van der Waals surface area contributed by atoms with Crippen LogP contribution in [-0.4, -0.2) is 15.8 Å². The molecule has 1 aromatic rings. The maximum Gasteiger partial charge on any atom is 0.0562 e. The van der Waals surface area contributed by atoms with Crippen molar-refractivity contribution in [3.8, 4) is 0 Å². The van der Waals surface area contributed by atoms with E-state index in [0.717, 1.165) is 12.8 Å². The fraction of sp³-hybridized carbons (Fsp3) is 0.444. The second kappa shape index (κ2) is 2.75. The Hall–Kier alpha value is -1.09. The SMILES string of the molecule is Cn1cc(C=C2CC(N)C2)cn1. The van der Waals surface area contributed by atoms with Gasteiger partial charge in [-0.3, -0.25) is 4.68 Å². The highest BCUT2D eigenvalue weighted by molar-refractivity contribution is 5.53. The highest BCUT2D eigenvalue weighted by Crippen LogP contribution is 2.26. The first-order chi connectivity index (χ1) is 5.74. The largest absolute Gasteiger partial charge is 0.327 e. The summed E-state index contributed by atoms with van der Waals surface area (Å²) in [7, 11) is 1.93. The molecule has 1 fully saturated rings. The van der Waals surface area contributed by atoms with Gasteiger partial charge in [0.2, 0.25) is 0 Å². The van der Waals surface area contributed by atoms with E-state index in [9.17, 15) is 0 Å². The third-order valence-corrected chi connectivity index (χ3v) is 2.14. The lowest BCUT2D eigenvalue weighted by Gasteiger charge is -2.24. The first kappa shape index (κ1) is 7.55. The van der Waals surface area contributed by atoms with Crippen LogP contribution in [0.4, 0.5) is 0 Å². The standard InChI is InChI=1S/C9H13N3/c1-12-6-8(5-11-12)2-7-3-9(10)4-7/h2,5-6,9H,3-4,10H2,1H3. The Balaban J connectivity index is 2.08. The Morgan fingerprint density at radius 3 is 2.92 bits per heavy atom. The van der Waals surface area contributed by atoms with Gasteiger partial charge in [0.1, 0.15) is 0 Å². The Kier molecular flexibility index (Phi) is 1.73. The van der Waals surface area contributed by atoms with Gasteiger partial charge in [0, 0.05) is 24.8 Å². The topological polar surface area (TPSA) is 43.8 Å². The molecule has 3 heteroatoms. The van der Waals surface area contributed by atoms with Crippen LogP contribution >= 0.6 is 0 Å². The molecule has 0 aliphatic heterocycles. The Labute approximate surface area is 71.9 Å². The van der Waals surface area contributed by atoms with Crippen molar-refractivity contribution in [3.63, 3.8) is 0 Å². The molecule has 1 aliphatic rings. The second-order valence-electron chi connectivity index (χ2n) is 3.42. The van der Waals surface area contributed by atoms with Gasteiger partial charge in [-0.2, -0.15) is 5.10 Å². The molecule has 0 amide bonds. The van der Waals surface area contributed by atoms with E-state index in [2.05, 4.69) is 11.2 Å². The molecule has 12 heavy (non-hydrogen) atoms. The zero-order chi connectivity index (χ0) is 8.55. The van der Waals surface area contributed by atoms with Crippen LogP contribution in [0.5, 0.6) is 0 Å². The lowest BCUT2D eigenvalue weighted by molar-refractivity contribution is 0.547. The van der Waals surface area contributed by atoms with Gasteiger partial charge in [-0.15, -0.1) is 0 Å². The van der Waals surface area contributed by atoms with Crippen LogP contribution in [0.1, 0.15) is 18.4 Å². The normalized spacial score (nSPS) is 22.2. The van der Waals surface area contributed by atoms with E-state index in [4.69, 9.17) is 5.73 Å². The summed E-state index contributed by atoms with van der Waals surface area (Å²) in [4.78, 5) is 0. The van der Waals surface area contributed by atoms with Gasteiger partial charge in [0.15, 0.2) is 0 Å². The minimum absolute atomic E-state index is 0.396. The molecular formula is C9H13N3. The summed E-state index contributed by atoms with van der Waals surface area (Å²) in [6.45, 7) is 0. The molecule has 0 unspecified atom stereocenters. The van der Waals surface area contributed by atoms with E-state index in [1.807, 2.05) is 24.1 Å². The minimum atomic E-state index is 0.396. The quantitative estimate of drug-likeness (QED) is 0.669. The van der Waals surface area contributed by atoms with Crippen LogP contribution in [0.15, 0.2) is 18.0 Å². The molecule has 0 aromatic carbocycles. The number of nitrogens with two attached hydrogens (primary N) is 1. The Bertz CT molecular complexity index is 303. The number of hydrogen-bond donors (Lipinski definition) is 1. The summed E-state index contributed by atoms with van der Waals surface area (Å²) in [6, 6.07) is 0.396. The van der Waals surface area contributed by atoms with Crippen LogP contribution in [-0.2, 0) is 7.05 Å². The Morgan fingerprint density at radius 2 is 2.42 bits per heavy atom. The highest BCUT2D eigenvalue weighted by atomic mass is 15.2. The first-order valence-electron chi connectivity index (χ1n) is 4.18. The predicted octanol–water partition coefficient (Wildman–Crippen LogP) is 0.925. The fourth-order valence-electron chi connectivity index (χ4n) is 1.48. The molecule has 0 radical (unpaired) electrons. The van der Waals surface area contributed by atoms with Gasteiger partial charge in [-0.1, -0.05) is 11.6 Å². The van der Waals surface area contributed by atoms with E-state index >= 15 is 0 Å². The molecule has 3 nitrogen and oxygen atoms in total. The van der Waals surface area contributed by atoms with Crippen molar-refractivity contribution in [2.75, 3.05) is 0 Å². The number of rotatable bonds is 1. The third-order valence-electron chi connectivity index (χ3n) is 2.14. The molecule has 1 aromatic heterocycles. The highest BCUT2D eigenvalue weighted by Gasteiger charge is 2.18. The lowest BCUT2D eigenvalue weighted by Crippen LogP contribution is -2.29. The van der Waals surface area contributed by atoms with E-state index in [1.165, 1.54) is 11.1 Å². The van der Waals surface area contributed by atoms with Crippen molar-refractivity contribution in [2.45, 2.75) is 18.9 Å². The monoisotopic (exact) mass is 163 g/mol. The van der Waals surface area contributed by atoms with Crippen LogP contribution in [0, 0.1) is 0 Å². The van der Waals surface area contributed by atoms with E-state index in [1.54, 1.807) is 0 Å². The van der Waals surface area contributed by atoms with Crippen molar-refractivity contribution < 1.29 is 0 Å². The van der Waals surface area contributed by atoms with Crippen molar-refractivity contribution in [1.82, 2.24) is 9.78 Å². The number of aryl methyl sites for hydroxylation is 1. The lowest BCUT2D eigenvalue weighted by atomic mass is 9.86. The molecule has 0 atom stereocenters. The fourth-order valence-corrected chi connectivity index (χ4v) is 1.48. The maximum absolute atomic E-state index is 5.67. The molecule has 0 bridgehead atoms. The molecule has 0 spiro atoms. The summed E-state index contributed by atoms with van der Waals surface area (Å²) in [5, 5.41) is 4.09. The van der Waals surface area contributed by atoms with Gasteiger partial charge in [-0.05, 0) is 12.8 Å². The van der Waals surface area contributed by atoms with E-state index in [-0.39, 0.29) is 0 Å². The van der Waals surface area contributed by atoms with Crippen LogP contribution in [0.2, 0.25) is 0 Å². The first-order valence-corrected chi connectivity index (χ1v) is 4.18. The minimum Gasteiger partial charge on any atom is -0.327 e. The van der Waals surface area contributed by atoms with Gasteiger partial charge in [-0.25, -0.2) is 0 Å². The van der Waals surface area contributed by atoms with E-state index < -0.39 is 0 Å². The van der Waals surface area contributed by atoms with Gasteiger partial charge >= 0.3 is 0 Å². The van der Waals surface area contributed by atoms with Crippen molar-refractivity contribution in [3.05, 3.63) is 23.5 Å². The summed E-state index contributed by atoms with van der Waals surface area (Å²) < 4.78 is 1.81. The van der Waals surface area contributed by atoms with Gasteiger partial charge in [0.05, 0.1) is 6.20 Å². The van der Waals surface area contributed by atoms with Crippen LogP contribution in [0.25, 0.3) is 6.08 Å². The van der Waals surface area contributed by atoms with Crippen LogP contribution < -0.4 is 5.73 Å². The molecular weight excluding hydrogens is 150 g/mol. The zero-order valence-electron chi connectivity index (χ0n) is 7.20. The molecule has 64 valence electrons. The second-order valence-corrected chi connectivity index (χ2v) is 3.42. The number of aromatic nitrogens is 2. The van der Waals surface area contributed by atoms with Crippen molar-refractivity contribution in [2.24, 2.45) is 12.8 Å². The summed E-state index contributed by atoms with van der Waals surface area (Å²) in [5.41, 5.74) is 8.29. The predicted molar refractivity (Wildman–Crippen MR) is 48.4 cm³/mol. The smallest absolute Gasteiger partial charge is 0.0562 e. The van der Waals surface area contributed by atoms with E-state index in [0.29, 0.717) is 6.04 Å². The molecule has 0 saturated heterocycles. The summed E-state index contributed by atoms with van der Waals surface area (Å²) >= 11 is 0. The number of hydrogen-bond acceptors (Lipinski definition) is 2. The number of nitrogens with zero attached hydrogens (tertiary/aromatic N) is 2.